The lowest BCUT2D eigenvalue weighted by Gasteiger charge is -2.10. The summed E-state index contributed by atoms with van der Waals surface area (Å²) in [5, 5.41) is 16.1. The van der Waals surface area contributed by atoms with Crippen LogP contribution < -0.4 is 5.43 Å². The molecule has 0 radical (unpaired) electrons. The van der Waals surface area contributed by atoms with Crippen LogP contribution in [0, 0.1) is 0 Å². The normalized spacial score (nSPS) is 11.5. The number of thioether (sulfide) groups is 1. The summed E-state index contributed by atoms with van der Waals surface area (Å²) < 4.78 is 1.93. The highest BCUT2D eigenvalue weighted by atomic mass is 35.5. The minimum atomic E-state index is -0.212. The minimum Gasteiger partial charge on any atom is -0.272 e. The van der Waals surface area contributed by atoms with E-state index >= 15 is 0 Å². The molecule has 0 aliphatic carbocycles. The van der Waals surface area contributed by atoms with Crippen molar-refractivity contribution in [2.45, 2.75) is 12.1 Å². The summed E-state index contributed by atoms with van der Waals surface area (Å²) in [6.45, 7) is 1.86. The van der Waals surface area contributed by atoms with Gasteiger partial charge in [-0.3, -0.25) is 9.36 Å². The third-order valence-electron chi connectivity index (χ3n) is 4.31. The number of carbonyl (C=O) groups excluding carboxylic acids is 1. The van der Waals surface area contributed by atoms with Crippen LogP contribution in [0.25, 0.3) is 17.1 Å². The summed E-state index contributed by atoms with van der Waals surface area (Å²) in [7, 11) is 0. The molecule has 2 aromatic heterocycles. The van der Waals surface area contributed by atoms with E-state index in [1.165, 1.54) is 11.8 Å². The van der Waals surface area contributed by atoms with Crippen molar-refractivity contribution in [3.8, 4) is 17.1 Å². The zero-order valence-electron chi connectivity index (χ0n) is 16.5. The Labute approximate surface area is 193 Å². The van der Waals surface area contributed by atoms with Gasteiger partial charge in [0.1, 0.15) is 0 Å². The molecule has 0 saturated carbocycles. The number of carbonyl (C=O) groups is 1. The number of amides is 1. The molecule has 1 N–H and O–H groups in total. The maximum atomic E-state index is 12.3. The number of benzene rings is 2. The highest BCUT2D eigenvalue weighted by Crippen LogP contribution is 2.28. The summed E-state index contributed by atoms with van der Waals surface area (Å²) in [6, 6.07) is 21.1. The van der Waals surface area contributed by atoms with Gasteiger partial charge in [-0.05, 0) is 54.8 Å². The number of para-hydroxylation sites is 1. The summed E-state index contributed by atoms with van der Waals surface area (Å²) >= 11 is 8.91. The third-order valence-corrected chi connectivity index (χ3v) is 6.47. The van der Waals surface area contributed by atoms with E-state index in [4.69, 9.17) is 11.6 Å². The van der Waals surface area contributed by atoms with Gasteiger partial charge in [-0.25, -0.2) is 5.43 Å². The van der Waals surface area contributed by atoms with Crippen LogP contribution in [0.4, 0.5) is 0 Å². The largest absolute Gasteiger partial charge is 0.272 e. The molecule has 0 unspecified atom stereocenters. The molecule has 2 aromatic carbocycles. The molecule has 31 heavy (non-hydrogen) atoms. The van der Waals surface area contributed by atoms with Crippen LogP contribution in [-0.4, -0.2) is 32.1 Å². The number of nitrogens with one attached hydrogen (secondary N) is 1. The highest BCUT2D eigenvalue weighted by molar-refractivity contribution is 7.99. The van der Waals surface area contributed by atoms with E-state index in [0.29, 0.717) is 16.0 Å². The van der Waals surface area contributed by atoms with Crippen LogP contribution >= 0.6 is 34.7 Å². The first-order valence-corrected chi connectivity index (χ1v) is 11.6. The molecule has 1 amide bonds. The Kier molecular flexibility index (Phi) is 6.81. The van der Waals surface area contributed by atoms with E-state index in [0.717, 1.165) is 21.8 Å². The predicted molar refractivity (Wildman–Crippen MR) is 127 cm³/mol. The maximum absolute atomic E-state index is 12.3. The molecule has 4 rings (SSSR count). The first-order chi connectivity index (χ1) is 15.1. The number of aromatic nitrogens is 3. The summed E-state index contributed by atoms with van der Waals surface area (Å²) in [5.41, 5.74) is 5.17. The van der Waals surface area contributed by atoms with E-state index < -0.39 is 0 Å². The average Bonchev–Trinajstić information content (AvgIpc) is 3.47. The Morgan fingerprint density at radius 2 is 1.87 bits per heavy atom. The van der Waals surface area contributed by atoms with Crippen molar-refractivity contribution in [3.63, 3.8) is 0 Å². The molecule has 0 atom stereocenters. The predicted octanol–water partition coefficient (Wildman–Crippen LogP) is 5.28. The van der Waals surface area contributed by atoms with Crippen LogP contribution in [0.3, 0.4) is 0 Å². The van der Waals surface area contributed by atoms with Crippen LogP contribution in [-0.2, 0) is 4.79 Å². The molecule has 2 heterocycles. The van der Waals surface area contributed by atoms with Gasteiger partial charge < -0.3 is 0 Å². The molecule has 0 bridgehead atoms. The van der Waals surface area contributed by atoms with E-state index in [1.54, 1.807) is 11.3 Å². The van der Waals surface area contributed by atoms with Gasteiger partial charge in [0, 0.05) is 21.2 Å². The van der Waals surface area contributed by atoms with Crippen LogP contribution in [0.5, 0.6) is 0 Å². The van der Waals surface area contributed by atoms with Gasteiger partial charge in [0.25, 0.3) is 5.91 Å². The van der Waals surface area contributed by atoms with Crippen LogP contribution in [0.1, 0.15) is 11.8 Å². The second-order valence-corrected chi connectivity index (χ2v) is 8.81. The number of halogens is 1. The van der Waals surface area contributed by atoms with Gasteiger partial charge >= 0.3 is 0 Å². The van der Waals surface area contributed by atoms with E-state index in [2.05, 4.69) is 20.7 Å². The molecule has 0 fully saturated rings. The average molecular weight is 468 g/mol. The number of hydrogen-bond acceptors (Lipinski definition) is 6. The van der Waals surface area contributed by atoms with Crippen molar-refractivity contribution in [3.05, 3.63) is 82.0 Å². The molecule has 0 aliphatic rings. The Bertz CT molecular complexity index is 1190. The Hall–Kier alpha value is -2.94. The molecular formula is C22H18ClN5OS2. The number of hydrazone groups is 1. The van der Waals surface area contributed by atoms with Gasteiger partial charge in [-0.15, -0.1) is 21.5 Å². The second-order valence-electron chi connectivity index (χ2n) is 6.48. The van der Waals surface area contributed by atoms with Gasteiger partial charge in [0.2, 0.25) is 0 Å². The summed E-state index contributed by atoms with van der Waals surface area (Å²) in [6.07, 6.45) is 0. The first kappa shape index (κ1) is 21.3. The lowest BCUT2D eigenvalue weighted by molar-refractivity contribution is -0.118. The second kappa shape index (κ2) is 9.91. The number of hydrogen-bond donors (Lipinski definition) is 1. The highest BCUT2D eigenvalue weighted by Gasteiger charge is 2.17. The van der Waals surface area contributed by atoms with Crippen molar-refractivity contribution in [2.24, 2.45) is 5.10 Å². The lowest BCUT2D eigenvalue weighted by Crippen LogP contribution is -2.21. The molecule has 0 aliphatic heterocycles. The smallest absolute Gasteiger partial charge is 0.250 e. The quantitative estimate of drug-likeness (QED) is 0.228. The summed E-state index contributed by atoms with van der Waals surface area (Å²) in [4.78, 5) is 13.4. The Morgan fingerprint density at radius 1 is 1.10 bits per heavy atom. The molecule has 0 saturated heterocycles. The zero-order chi connectivity index (χ0) is 21.6. The third kappa shape index (κ3) is 5.22. The van der Waals surface area contributed by atoms with Gasteiger partial charge in [0.15, 0.2) is 11.0 Å². The number of rotatable bonds is 7. The zero-order valence-corrected chi connectivity index (χ0v) is 18.9. The fraction of sp³-hybridized carbons (Fsp3) is 0.0909. The Balaban J connectivity index is 1.53. The molecule has 9 heteroatoms. The van der Waals surface area contributed by atoms with Gasteiger partial charge in [-0.1, -0.05) is 47.6 Å². The van der Waals surface area contributed by atoms with Crippen molar-refractivity contribution >= 4 is 46.3 Å². The van der Waals surface area contributed by atoms with E-state index in [9.17, 15) is 4.79 Å². The van der Waals surface area contributed by atoms with Crippen molar-refractivity contribution in [2.75, 3.05) is 5.75 Å². The molecule has 156 valence electrons. The molecule has 0 spiro atoms. The minimum absolute atomic E-state index is 0.160. The fourth-order valence-electron chi connectivity index (χ4n) is 2.81. The first-order valence-electron chi connectivity index (χ1n) is 9.38. The Morgan fingerprint density at radius 3 is 2.58 bits per heavy atom. The van der Waals surface area contributed by atoms with E-state index in [1.807, 2.05) is 83.6 Å². The molecule has 6 nitrogen and oxygen atoms in total. The molecule has 4 aromatic rings. The van der Waals surface area contributed by atoms with Crippen LogP contribution in [0.2, 0.25) is 5.02 Å². The van der Waals surface area contributed by atoms with Crippen molar-refractivity contribution < 1.29 is 4.79 Å². The lowest BCUT2D eigenvalue weighted by atomic mass is 10.2. The summed E-state index contributed by atoms with van der Waals surface area (Å²) in [5.74, 6) is 0.626. The van der Waals surface area contributed by atoms with Gasteiger partial charge in [0.05, 0.1) is 11.5 Å². The topological polar surface area (TPSA) is 72.2 Å². The van der Waals surface area contributed by atoms with E-state index in [-0.39, 0.29) is 11.7 Å². The number of thiophene rings is 1. The van der Waals surface area contributed by atoms with Crippen molar-refractivity contribution in [1.29, 1.82) is 0 Å². The molecular weight excluding hydrogens is 450 g/mol. The van der Waals surface area contributed by atoms with Crippen molar-refractivity contribution in [1.82, 2.24) is 20.2 Å². The monoisotopic (exact) mass is 467 g/mol. The SMILES string of the molecule is C/C(=N\NC(=O)CSc1nnc(-c2ccc(Cl)cc2)n1-c1ccccc1)c1cccs1. The standard InChI is InChI=1S/C22H18ClN5OS2/c1-15(19-8-5-13-30-19)24-25-20(29)14-31-22-27-26-21(16-9-11-17(23)12-10-16)28(22)18-6-3-2-4-7-18/h2-13H,14H2,1H3,(H,25,29)/b24-15+. The number of nitrogens with zero attached hydrogens (tertiary/aromatic N) is 4. The van der Waals surface area contributed by atoms with Crippen LogP contribution in [0.15, 0.2) is 82.4 Å². The fourth-order valence-corrected chi connectivity index (χ4v) is 4.35. The maximum Gasteiger partial charge on any atom is 0.250 e. The van der Waals surface area contributed by atoms with Gasteiger partial charge in [-0.2, -0.15) is 5.10 Å².